The monoisotopic (exact) mass is 320 g/mol. The smallest absolute Gasteiger partial charge is 0.315 e. The van der Waals surface area contributed by atoms with Crippen molar-refractivity contribution >= 4 is 29.6 Å². The number of rotatable bonds is 6. The Hall–Kier alpha value is -2.35. The standard InChI is InChI=1S/C14H16N4O3S/c1-18-14(22-2)16-13(17-18)15-11(19)8-12(20)21-9-10-6-4-3-5-7-10/h3-7H,8-9H2,1-2H3,(H,15,17,19). The molecule has 0 aliphatic carbocycles. The molecule has 1 N–H and O–H groups in total. The number of thioether (sulfide) groups is 1. The molecule has 0 saturated heterocycles. The first-order chi connectivity index (χ1) is 10.6. The molecule has 0 radical (unpaired) electrons. The van der Waals surface area contributed by atoms with E-state index in [2.05, 4.69) is 15.4 Å². The summed E-state index contributed by atoms with van der Waals surface area (Å²) in [5.74, 6) is -0.925. The second-order valence-corrected chi connectivity index (χ2v) is 5.19. The molecule has 0 aliphatic rings. The molecular formula is C14H16N4O3S. The van der Waals surface area contributed by atoms with Crippen LogP contribution in [0.5, 0.6) is 0 Å². The van der Waals surface area contributed by atoms with Crippen LogP contribution in [0.15, 0.2) is 35.5 Å². The first kappa shape index (κ1) is 16.0. The molecule has 1 aromatic carbocycles. The number of hydrogen-bond acceptors (Lipinski definition) is 6. The van der Waals surface area contributed by atoms with Crippen molar-refractivity contribution in [2.24, 2.45) is 7.05 Å². The molecule has 0 spiro atoms. The number of benzene rings is 1. The van der Waals surface area contributed by atoms with Crippen molar-refractivity contribution in [3.8, 4) is 0 Å². The van der Waals surface area contributed by atoms with Gasteiger partial charge in [-0.2, -0.15) is 4.98 Å². The molecule has 2 aromatic rings. The van der Waals surface area contributed by atoms with Gasteiger partial charge in [-0.3, -0.25) is 14.9 Å². The van der Waals surface area contributed by atoms with Gasteiger partial charge in [0.1, 0.15) is 13.0 Å². The molecule has 0 aliphatic heterocycles. The number of nitrogens with zero attached hydrogens (tertiary/aromatic N) is 3. The van der Waals surface area contributed by atoms with Crippen LogP contribution in [0.4, 0.5) is 5.95 Å². The van der Waals surface area contributed by atoms with Crippen LogP contribution in [0.3, 0.4) is 0 Å². The summed E-state index contributed by atoms with van der Waals surface area (Å²) in [4.78, 5) is 27.4. The van der Waals surface area contributed by atoms with E-state index in [1.54, 1.807) is 11.7 Å². The van der Waals surface area contributed by atoms with E-state index in [9.17, 15) is 9.59 Å². The van der Waals surface area contributed by atoms with Gasteiger partial charge in [-0.1, -0.05) is 42.1 Å². The van der Waals surface area contributed by atoms with Gasteiger partial charge < -0.3 is 4.74 Å². The minimum absolute atomic E-state index is 0.144. The Balaban J connectivity index is 1.79. The van der Waals surface area contributed by atoms with E-state index in [1.807, 2.05) is 36.6 Å². The molecule has 7 nitrogen and oxygen atoms in total. The van der Waals surface area contributed by atoms with E-state index in [0.717, 1.165) is 5.56 Å². The first-order valence-corrected chi connectivity index (χ1v) is 7.75. The Morgan fingerprint density at radius 1 is 1.32 bits per heavy atom. The summed E-state index contributed by atoms with van der Waals surface area (Å²) in [6.45, 7) is 0.144. The number of esters is 1. The molecule has 1 heterocycles. The number of hydrogen-bond donors (Lipinski definition) is 1. The number of carbonyl (C=O) groups excluding carboxylic acids is 2. The van der Waals surface area contributed by atoms with Crippen LogP contribution in [0.25, 0.3) is 0 Å². The van der Waals surface area contributed by atoms with E-state index in [4.69, 9.17) is 4.74 Å². The lowest BCUT2D eigenvalue weighted by atomic mass is 10.2. The van der Waals surface area contributed by atoms with Gasteiger partial charge >= 0.3 is 5.97 Å². The van der Waals surface area contributed by atoms with Crippen molar-refractivity contribution in [2.45, 2.75) is 18.2 Å². The summed E-state index contributed by atoms with van der Waals surface area (Å²) in [5, 5.41) is 7.16. The minimum Gasteiger partial charge on any atom is -0.460 e. The van der Waals surface area contributed by atoms with Crippen LogP contribution in [-0.4, -0.2) is 32.9 Å². The van der Waals surface area contributed by atoms with Crippen molar-refractivity contribution in [3.05, 3.63) is 35.9 Å². The topological polar surface area (TPSA) is 86.1 Å². The Morgan fingerprint density at radius 2 is 2.05 bits per heavy atom. The Kier molecular flexibility index (Phi) is 5.54. The van der Waals surface area contributed by atoms with Crippen molar-refractivity contribution in [1.82, 2.24) is 14.8 Å². The van der Waals surface area contributed by atoms with Crippen LogP contribution in [0.2, 0.25) is 0 Å². The predicted molar refractivity (Wildman–Crippen MR) is 82.3 cm³/mol. The highest BCUT2D eigenvalue weighted by molar-refractivity contribution is 7.98. The molecule has 8 heteroatoms. The highest BCUT2D eigenvalue weighted by atomic mass is 32.2. The number of aromatic nitrogens is 3. The third-order valence-corrected chi connectivity index (χ3v) is 3.43. The normalized spacial score (nSPS) is 10.3. The number of nitrogens with one attached hydrogen (secondary N) is 1. The van der Waals surface area contributed by atoms with Gasteiger partial charge in [0.25, 0.3) is 0 Å². The average Bonchev–Trinajstić information content (AvgIpc) is 2.85. The number of amides is 1. The summed E-state index contributed by atoms with van der Waals surface area (Å²) < 4.78 is 6.59. The number of carbonyl (C=O) groups is 2. The molecule has 0 bridgehead atoms. The molecule has 1 amide bonds. The zero-order chi connectivity index (χ0) is 15.9. The summed E-state index contributed by atoms with van der Waals surface area (Å²) in [6, 6.07) is 9.27. The Bertz CT molecular complexity index is 657. The van der Waals surface area contributed by atoms with Crippen LogP contribution in [-0.2, 0) is 28.0 Å². The van der Waals surface area contributed by atoms with Crippen molar-refractivity contribution in [3.63, 3.8) is 0 Å². The Morgan fingerprint density at radius 3 is 2.68 bits per heavy atom. The highest BCUT2D eigenvalue weighted by Gasteiger charge is 2.14. The summed E-state index contributed by atoms with van der Waals surface area (Å²) in [5.41, 5.74) is 0.868. The Labute approximate surface area is 132 Å². The summed E-state index contributed by atoms with van der Waals surface area (Å²) in [6.07, 6.45) is 1.48. The number of ether oxygens (including phenoxy) is 1. The van der Waals surface area contributed by atoms with Crippen molar-refractivity contribution in [1.29, 1.82) is 0 Å². The van der Waals surface area contributed by atoms with Gasteiger partial charge in [0.15, 0.2) is 5.16 Å². The molecule has 116 valence electrons. The summed E-state index contributed by atoms with van der Waals surface area (Å²) >= 11 is 1.41. The van der Waals surface area contributed by atoms with E-state index < -0.39 is 11.9 Å². The molecule has 0 fully saturated rings. The fourth-order valence-electron chi connectivity index (χ4n) is 1.69. The van der Waals surface area contributed by atoms with Gasteiger partial charge in [-0.25, -0.2) is 4.68 Å². The van der Waals surface area contributed by atoms with Crippen molar-refractivity contribution in [2.75, 3.05) is 11.6 Å². The average molecular weight is 320 g/mol. The number of aryl methyl sites for hydroxylation is 1. The SMILES string of the molecule is CSc1nc(NC(=O)CC(=O)OCc2ccccc2)nn1C. The largest absolute Gasteiger partial charge is 0.460 e. The van der Waals surface area contributed by atoms with Crippen molar-refractivity contribution < 1.29 is 14.3 Å². The third kappa shape index (κ3) is 4.59. The second-order valence-electron chi connectivity index (χ2n) is 4.42. The lowest BCUT2D eigenvalue weighted by Crippen LogP contribution is -2.19. The van der Waals surface area contributed by atoms with E-state index in [-0.39, 0.29) is 19.0 Å². The van der Waals surface area contributed by atoms with Gasteiger partial charge in [0.2, 0.25) is 11.9 Å². The van der Waals surface area contributed by atoms with Gasteiger partial charge in [0, 0.05) is 7.05 Å². The fourth-order valence-corrected chi connectivity index (χ4v) is 2.17. The molecule has 0 saturated carbocycles. The summed E-state index contributed by atoms with van der Waals surface area (Å²) in [7, 11) is 1.72. The van der Waals surface area contributed by atoms with Gasteiger partial charge in [0.05, 0.1) is 0 Å². The molecular weight excluding hydrogens is 304 g/mol. The number of anilines is 1. The van der Waals surface area contributed by atoms with Crippen LogP contribution < -0.4 is 5.32 Å². The zero-order valence-electron chi connectivity index (χ0n) is 12.3. The molecule has 2 rings (SSSR count). The van der Waals surface area contributed by atoms with Crippen LogP contribution in [0, 0.1) is 0 Å². The third-order valence-electron chi connectivity index (χ3n) is 2.70. The molecule has 0 atom stereocenters. The van der Waals surface area contributed by atoms with Crippen LogP contribution >= 0.6 is 11.8 Å². The maximum absolute atomic E-state index is 11.7. The highest BCUT2D eigenvalue weighted by Crippen LogP contribution is 2.12. The maximum Gasteiger partial charge on any atom is 0.315 e. The molecule has 1 aromatic heterocycles. The lowest BCUT2D eigenvalue weighted by molar-refractivity contribution is -0.146. The zero-order valence-corrected chi connectivity index (χ0v) is 13.1. The molecule has 0 unspecified atom stereocenters. The first-order valence-electron chi connectivity index (χ1n) is 6.53. The van der Waals surface area contributed by atoms with E-state index >= 15 is 0 Å². The van der Waals surface area contributed by atoms with Crippen LogP contribution in [0.1, 0.15) is 12.0 Å². The minimum atomic E-state index is -0.595. The molecule has 22 heavy (non-hydrogen) atoms. The second kappa shape index (κ2) is 7.60. The fraction of sp³-hybridized carbons (Fsp3) is 0.286. The van der Waals surface area contributed by atoms with Gasteiger partial charge in [-0.15, -0.1) is 5.10 Å². The predicted octanol–water partition coefficient (Wildman–Crippen LogP) is 1.61. The quantitative estimate of drug-likeness (QED) is 0.494. The van der Waals surface area contributed by atoms with Gasteiger partial charge in [-0.05, 0) is 11.8 Å². The maximum atomic E-state index is 11.7. The van der Waals surface area contributed by atoms with E-state index in [1.165, 1.54) is 11.8 Å². The van der Waals surface area contributed by atoms with E-state index in [0.29, 0.717) is 5.16 Å². The lowest BCUT2D eigenvalue weighted by Gasteiger charge is -2.04.